The second kappa shape index (κ2) is 8.11. The molecule has 0 unspecified atom stereocenters. The van der Waals surface area contributed by atoms with Crippen molar-refractivity contribution >= 4 is 16.6 Å². The quantitative estimate of drug-likeness (QED) is 0.770. The first-order valence-electron chi connectivity index (χ1n) is 10.4. The first-order valence-corrected chi connectivity index (χ1v) is 10.4. The second-order valence-corrected chi connectivity index (χ2v) is 8.75. The van der Waals surface area contributed by atoms with Crippen LogP contribution in [0.4, 0.5) is 18.9 Å². The normalized spacial score (nSPS) is 24.9. The van der Waals surface area contributed by atoms with Gasteiger partial charge in [-0.15, -0.1) is 0 Å². The Kier molecular flexibility index (Phi) is 5.71. The Morgan fingerprint density at radius 2 is 1.83 bits per heavy atom. The largest absolute Gasteiger partial charge is 0.418 e. The van der Waals surface area contributed by atoms with Gasteiger partial charge in [0.15, 0.2) is 0 Å². The van der Waals surface area contributed by atoms with Crippen molar-refractivity contribution in [3.8, 4) is 0 Å². The van der Waals surface area contributed by atoms with Crippen molar-refractivity contribution in [2.45, 2.75) is 19.5 Å². The maximum Gasteiger partial charge on any atom is 0.418 e. The van der Waals surface area contributed by atoms with Crippen molar-refractivity contribution < 1.29 is 13.2 Å². The molecule has 1 aromatic carbocycles. The summed E-state index contributed by atoms with van der Waals surface area (Å²) in [5.41, 5.74) is 0.262. The van der Waals surface area contributed by atoms with Gasteiger partial charge in [0.05, 0.1) is 11.1 Å². The predicted octanol–water partition coefficient (Wildman–Crippen LogP) is 3.96. The third-order valence-electron chi connectivity index (χ3n) is 6.25. The van der Waals surface area contributed by atoms with Crippen LogP contribution < -0.4 is 4.90 Å². The Labute approximate surface area is 170 Å². The number of anilines is 1. The fourth-order valence-corrected chi connectivity index (χ4v) is 4.87. The van der Waals surface area contributed by atoms with Crippen LogP contribution in [0.1, 0.15) is 18.9 Å². The summed E-state index contributed by atoms with van der Waals surface area (Å²) in [6.07, 6.45) is -1.79. The van der Waals surface area contributed by atoms with E-state index in [0.29, 0.717) is 17.2 Å². The van der Waals surface area contributed by atoms with Crippen molar-refractivity contribution in [2.75, 3.05) is 57.8 Å². The van der Waals surface area contributed by atoms with Gasteiger partial charge in [-0.3, -0.25) is 4.98 Å². The Hall–Kier alpha value is -1.86. The summed E-state index contributed by atoms with van der Waals surface area (Å²) >= 11 is 0. The number of piperazine rings is 1. The lowest BCUT2D eigenvalue weighted by Gasteiger charge is -2.41. The lowest BCUT2D eigenvalue weighted by molar-refractivity contribution is -0.136. The van der Waals surface area contributed by atoms with Crippen molar-refractivity contribution in [1.82, 2.24) is 14.8 Å². The summed E-state index contributed by atoms with van der Waals surface area (Å²) in [6.45, 7) is 9.44. The molecule has 4 rings (SSSR count). The second-order valence-electron chi connectivity index (χ2n) is 8.75. The SMILES string of the molecule is C[C@H]1C[C@@H](CN2CCN(C)CC2)CN(c2ccc(C(F)(F)F)c3ncccc23)C1. The van der Waals surface area contributed by atoms with Crippen LogP contribution in [0.2, 0.25) is 0 Å². The van der Waals surface area contributed by atoms with Crippen LogP contribution >= 0.6 is 0 Å². The van der Waals surface area contributed by atoms with E-state index in [4.69, 9.17) is 0 Å². The molecule has 0 amide bonds. The number of hydrogen-bond donors (Lipinski definition) is 0. The van der Waals surface area contributed by atoms with E-state index in [-0.39, 0.29) is 5.52 Å². The lowest BCUT2D eigenvalue weighted by Crippen LogP contribution is -2.49. The molecule has 0 N–H and O–H groups in total. The Morgan fingerprint density at radius 1 is 1.07 bits per heavy atom. The number of hydrogen-bond acceptors (Lipinski definition) is 4. The molecule has 0 radical (unpaired) electrons. The smallest absolute Gasteiger partial charge is 0.370 e. The van der Waals surface area contributed by atoms with Gasteiger partial charge in [0.1, 0.15) is 0 Å². The molecule has 2 aliphatic heterocycles. The number of nitrogens with zero attached hydrogens (tertiary/aromatic N) is 4. The average molecular weight is 406 g/mol. The molecule has 0 saturated carbocycles. The number of aromatic nitrogens is 1. The molecule has 2 aliphatic rings. The maximum absolute atomic E-state index is 13.4. The Morgan fingerprint density at radius 3 is 2.55 bits per heavy atom. The molecule has 158 valence electrons. The van der Waals surface area contributed by atoms with Crippen molar-refractivity contribution in [3.63, 3.8) is 0 Å². The molecule has 2 fully saturated rings. The summed E-state index contributed by atoms with van der Waals surface area (Å²) < 4.78 is 40.3. The molecule has 7 heteroatoms. The molecule has 2 saturated heterocycles. The molecular formula is C22H29F3N4. The molecule has 1 aromatic heterocycles. The highest BCUT2D eigenvalue weighted by Crippen LogP contribution is 2.39. The number of piperidine rings is 1. The van der Waals surface area contributed by atoms with E-state index in [9.17, 15) is 13.2 Å². The topological polar surface area (TPSA) is 22.6 Å². The van der Waals surface area contributed by atoms with E-state index in [1.807, 2.05) is 0 Å². The zero-order valence-corrected chi connectivity index (χ0v) is 17.1. The van der Waals surface area contributed by atoms with Gasteiger partial charge in [-0.1, -0.05) is 6.92 Å². The van der Waals surface area contributed by atoms with Gasteiger partial charge in [-0.2, -0.15) is 13.2 Å². The van der Waals surface area contributed by atoms with E-state index < -0.39 is 11.7 Å². The molecule has 29 heavy (non-hydrogen) atoms. The monoisotopic (exact) mass is 406 g/mol. The average Bonchev–Trinajstić information content (AvgIpc) is 2.67. The van der Waals surface area contributed by atoms with Gasteiger partial charge in [0.25, 0.3) is 0 Å². The minimum Gasteiger partial charge on any atom is -0.370 e. The van der Waals surface area contributed by atoms with E-state index >= 15 is 0 Å². The van der Waals surface area contributed by atoms with E-state index in [2.05, 4.69) is 33.7 Å². The third-order valence-corrected chi connectivity index (χ3v) is 6.25. The Bertz CT molecular complexity index is 846. The van der Waals surface area contributed by atoms with E-state index in [0.717, 1.165) is 51.5 Å². The number of likely N-dealkylation sites (N-methyl/N-ethyl adjacent to an activating group) is 1. The van der Waals surface area contributed by atoms with Crippen molar-refractivity contribution in [3.05, 3.63) is 36.0 Å². The molecule has 2 atom stereocenters. The summed E-state index contributed by atoms with van der Waals surface area (Å²) in [5, 5.41) is 0.592. The van der Waals surface area contributed by atoms with Crippen LogP contribution in [0, 0.1) is 11.8 Å². The highest BCUT2D eigenvalue weighted by Gasteiger charge is 2.35. The zero-order valence-electron chi connectivity index (χ0n) is 17.1. The Balaban J connectivity index is 1.58. The van der Waals surface area contributed by atoms with Crippen LogP contribution in [-0.2, 0) is 6.18 Å². The molecule has 0 aliphatic carbocycles. The van der Waals surface area contributed by atoms with Gasteiger partial charge in [-0.05, 0) is 49.6 Å². The number of rotatable bonds is 3. The first kappa shape index (κ1) is 20.4. The summed E-state index contributed by atoms with van der Waals surface area (Å²) in [6, 6.07) is 6.32. The number of pyridine rings is 1. The molecular weight excluding hydrogens is 377 g/mol. The van der Waals surface area contributed by atoms with Gasteiger partial charge in [0, 0.05) is 63.1 Å². The van der Waals surface area contributed by atoms with Gasteiger partial charge >= 0.3 is 6.18 Å². The number of alkyl halides is 3. The summed E-state index contributed by atoms with van der Waals surface area (Å²) in [5.74, 6) is 1.03. The van der Waals surface area contributed by atoms with Crippen LogP contribution in [-0.4, -0.2) is 67.6 Å². The fraction of sp³-hybridized carbons (Fsp3) is 0.591. The van der Waals surface area contributed by atoms with Crippen molar-refractivity contribution in [2.24, 2.45) is 11.8 Å². The van der Waals surface area contributed by atoms with E-state index in [1.54, 1.807) is 18.2 Å². The molecule has 3 heterocycles. The van der Waals surface area contributed by atoms with Gasteiger partial charge in [-0.25, -0.2) is 0 Å². The summed E-state index contributed by atoms with van der Waals surface area (Å²) in [7, 11) is 2.16. The molecule has 2 aromatic rings. The lowest BCUT2D eigenvalue weighted by atomic mass is 9.89. The number of fused-ring (bicyclic) bond motifs is 1. The first-order chi connectivity index (χ1) is 13.8. The fourth-order valence-electron chi connectivity index (χ4n) is 4.87. The minimum absolute atomic E-state index is 0.0475. The predicted molar refractivity (Wildman–Crippen MR) is 110 cm³/mol. The third kappa shape index (κ3) is 4.51. The summed E-state index contributed by atoms with van der Waals surface area (Å²) in [4.78, 5) is 11.2. The molecule has 0 bridgehead atoms. The van der Waals surface area contributed by atoms with E-state index in [1.165, 1.54) is 18.7 Å². The zero-order chi connectivity index (χ0) is 20.6. The standard InChI is InChI=1S/C22H29F3N4/c1-16-12-17(14-28-10-8-27(2)9-11-28)15-29(13-16)20-6-5-19(22(23,24)25)21-18(20)4-3-7-26-21/h3-7,16-17H,8-15H2,1-2H3/t16-,17-/m0/s1. The molecule has 4 nitrogen and oxygen atoms in total. The maximum atomic E-state index is 13.4. The van der Waals surface area contributed by atoms with Crippen LogP contribution in [0.25, 0.3) is 10.9 Å². The van der Waals surface area contributed by atoms with Gasteiger partial charge in [0.2, 0.25) is 0 Å². The highest BCUT2D eigenvalue weighted by molar-refractivity contribution is 5.94. The van der Waals surface area contributed by atoms with Gasteiger partial charge < -0.3 is 14.7 Å². The minimum atomic E-state index is -4.40. The molecule has 0 spiro atoms. The van der Waals surface area contributed by atoms with Crippen LogP contribution in [0.3, 0.4) is 0 Å². The number of benzene rings is 1. The van der Waals surface area contributed by atoms with Crippen LogP contribution in [0.15, 0.2) is 30.5 Å². The number of halogens is 3. The van der Waals surface area contributed by atoms with Crippen molar-refractivity contribution in [1.29, 1.82) is 0 Å². The van der Waals surface area contributed by atoms with Crippen LogP contribution in [0.5, 0.6) is 0 Å². The highest BCUT2D eigenvalue weighted by atomic mass is 19.4.